The van der Waals surface area contributed by atoms with Crippen LogP contribution < -0.4 is 5.32 Å². The predicted molar refractivity (Wildman–Crippen MR) is 94.3 cm³/mol. The van der Waals surface area contributed by atoms with Crippen molar-refractivity contribution in [3.63, 3.8) is 0 Å². The molecule has 1 fully saturated rings. The number of morpholine rings is 1. The van der Waals surface area contributed by atoms with E-state index in [0.29, 0.717) is 31.9 Å². The van der Waals surface area contributed by atoms with Crippen molar-refractivity contribution < 1.29 is 19.1 Å². The van der Waals surface area contributed by atoms with E-state index in [1.807, 2.05) is 31.2 Å². The van der Waals surface area contributed by atoms with E-state index in [0.717, 1.165) is 11.3 Å². The fourth-order valence-corrected chi connectivity index (χ4v) is 2.99. The van der Waals surface area contributed by atoms with Crippen LogP contribution in [0.15, 0.2) is 47.1 Å². The van der Waals surface area contributed by atoms with Crippen LogP contribution in [0.5, 0.6) is 0 Å². The average Bonchev–Trinajstić information content (AvgIpc) is 3.13. The van der Waals surface area contributed by atoms with Gasteiger partial charge in [0.15, 0.2) is 0 Å². The van der Waals surface area contributed by atoms with E-state index >= 15 is 0 Å². The third-order valence-electron chi connectivity index (χ3n) is 4.40. The highest BCUT2D eigenvalue weighted by molar-refractivity contribution is 5.92. The molecule has 1 saturated heterocycles. The lowest BCUT2D eigenvalue weighted by Gasteiger charge is -2.35. The highest BCUT2D eigenvalue weighted by atomic mass is 16.5. The highest BCUT2D eigenvalue weighted by Gasteiger charge is 2.28. The molecule has 6 nitrogen and oxygen atoms in total. The van der Waals surface area contributed by atoms with E-state index in [4.69, 9.17) is 9.15 Å². The maximum absolute atomic E-state index is 12.4. The van der Waals surface area contributed by atoms with Gasteiger partial charge in [0, 0.05) is 18.3 Å². The number of rotatable bonds is 6. The van der Waals surface area contributed by atoms with Crippen molar-refractivity contribution in [1.29, 1.82) is 0 Å². The van der Waals surface area contributed by atoms with E-state index in [1.54, 1.807) is 18.4 Å². The van der Waals surface area contributed by atoms with Gasteiger partial charge in [-0.25, -0.2) is 0 Å². The van der Waals surface area contributed by atoms with Crippen molar-refractivity contribution in [2.24, 2.45) is 0 Å². The second kappa shape index (κ2) is 8.29. The van der Waals surface area contributed by atoms with Crippen molar-refractivity contribution in [3.05, 3.63) is 54.0 Å². The molecule has 134 valence electrons. The van der Waals surface area contributed by atoms with Crippen LogP contribution in [-0.4, -0.2) is 48.3 Å². The molecule has 1 aromatic heterocycles. The molecule has 1 aliphatic heterocycles. The lowest BCUT2D eigenvalue weighted by Crippen LogP contribution is -2.49. The Balaban J connectivity index is 1.56. The molecule has 3 rings (SSSR count). The van der Waals surface area contributed by atoms with Gasteiger partial charge in [0.2, 0.25) is 5.91 Å². The molecule has 25 heavy (non-hydrogen) atoms. The number of hydrogen-bond donors (Lipinski definition) is 2. The number of nitrogens with one attached hydrogen (secondary N) is 1. The van der Waals surface area contributed by atoms with Crippen molar-refractivity contribution in [2.45, 2.75) is 25.5 Å². The summed E-state index contributed by atoms with van der Waals surface area (Å²) in [5.74, 6) is 0.470. The summed E-state index contributed by atoms with van der Waals surface area (Å²) in [6.07, 6.45) is 1.30. The first-order valence-corrected chi connectivity index (χ1v) is 8.51. The third-order valence-corrected chi connectivity index (χ3v) is 4.40. The summed E-state index contributed by atoms with van der Waals surface area (Å²) in [6, 6.07) is 11.2. The van der Waals surface area contributed by atoms with Gasteiger partial charge in [-0.3, -0.25) is 9.69 Å². The first-order chi connectivity index (χ1) is 12.1. The second-order valence-corrected chi connectivity index (χ2v) is 6.38. The topological polar surface area (TPSA) is 74.9 Å². The second-order valence-electron chi connectivity index (χ2n) is 6.38. The summed E-state index contributed by atoms with van der Waals surface area (Å²) >= 11 is 0. The summed E-state index contributed by atoms with van der Waals surface area (Å²) in [5.41, 5.74) is 1.94. The first-order valence-electron chi connectivity index (χ1n) is 8.51. The van der Waals surface area contributed by atoms with Gasteiger partial charge in [0.1, 0.15) is 11.9 Å². The summed E-state index contributed by atoms with van der Waals surface area (Å²) in [5, 5.41) is 13.2. The van der Waals surface area contributed by atoms with Gasteiger partial charge >= 0.3 is 0 Å². The minimum Gasteiger partial charge on any atom is -0.467 e. The monoisotopic (exact) mass is 344 g/mol. The van der Waals surface area contributed by atoms with Crippen LogP contribution in [0.2, 0.25) is 0 Å². The molecular formula is C19H24N2O4. The van der Waals surface area contributed by atoms with E-state index < -0.39 is 6.10 Å². The average molecular weight is 344 g/mol. The van der Waals surface area contributed by atoms with Gasteiger partial charge in [-0.2, -0.15) is 0 Å². The lowest BCUT2D eigenvalue weighted by atomic mass is 10.1. The zero-order chi connectivity index (χ0) is 17.6. The van der Waals surface area contributed by atoms with Crippen LogP contribution in [-0.2, 0) is 9.53 Å². The minimum absolute atomic E-state index is 0.0300. The molecule has 0 saturated carbocycles. The number of carbonyl (C=O) groups excluding carboxylic acids is 1. The summed E-state index contributed by atoms with van der Waals surface area (Å²) in [4.78, 5) is 14.4. The number of furan rings is 1. The van der Waals surface area contributed by atoms with Crippen molar-refractivity contribution in [1.82, 2.24) is 4.90 Å². The van der Waals surface area contributed by atoms with Crippen molar-refractivity contribution >= 4 is 11.6 Å². The number of aliphatic hydroxyl groups excluding tert-OH is 1. The van der Waals surface area contributed by atoms with E-state index in [-0.39, 0.29) is 18.5 Å². The fraction of sp³-hybridized carbons (Fsp3) is 0.421. The predicted octanol–water partition coefficient (Wildman–Crippen LogP) is 2.35. The largest absolute Gasteiger partial charge is 0.467 e. The molecule has 6 heteroatoms. The zero-order valence-corrected chi connectivity index (χ0v) is 14.4. The Morgan fingerprint density at radius 1 is 1.36 bits per heavy atom. The number of aliphatic hydroxyl groups is 1. The molecule has 2 N–H and O–H groups in total. The Morgan fingerprint density at radius 2 is 2.16 bits per heavy atom. The Bertz CT molecular complexity index is 669. The molecule has 1 aliphatic rings. The Morgan fingerprint density at radius 3 is 2.88 bits per heavy atom. The molecular weight excluding hydrogens is 320 g/mol. The standard InChI is InChI=1S/C19H24N2O4/c1-14-4-6-15(7-5-14)20-19(23)12-21-8-10-24-13-16(21)11-17(22)18-3-2-9-25-18/h2-7,9,16-17,22H,8,10-13H2,1H3,(H,20,23)/t16-,17-/m1/s1. The number of carbonyl (C=O) groups is 1. The molecule has 0 radical (unpaired) electrons. The van der Waals surface area contributed by atoms with Crippen LogP contribution in [0, 0.1) is 6.92 Å². The van der Waals surface area contributed by atoms with Gasteiger partial charge in [-0.15, -0.1) is 0 Å². The van der Waals surface area contributed by atoms with E-state index in [1.165, 1.54) is 0 Å². The molecule has 1 amide bonds. The SMILES string of the molecule is Cc1ccc(NC(=O)CN2CCOC[C@H]2C[C@@H](O)c2ccco2)cc1. The number of amides is 1. The van der Waals surface area contributed by atoms with Crippen LogP contribution in [0.25, 0.3) is 0 Å². The number of nitrogens with zero attached hydrogens (tertiary/aromatic N) is 1. The number of hydrogen-bond acceptors (Lipinski definition) is 5. The number of benzene rings is 1. The minimum atomic E-state index is -0.704. The van der Waals surface area contributed by atoms with E-state index in [9.17, 15) is 9.90 Å². The zero-order valence-electron chi connectivity index (χ0n) is 14.4. The van der Waals surface area contributed by atoms with Crippen LogP contribution in [0.3, 0.4) is 0 Å². The Labute approximate surface area is 147 Å². The maximum atomic E-state index is 12.4. The Hall–Kier alpha value is -2.15. The first kappa shape index (κ1) is 17.7. The van der Waals surface area contributed by atoms with Gasteiger partial charge < -0.3 is 19.6 Å². The smallest absolute Gasteiger partial charge is 0.238 e. The molecule has 1 aromatic carbocycles. The molecule has 2 atom stereocenters. The van der Waals surface area contributed by atoms with Gasteiger partial charge in [0.25, 0.3) is 0 Å². The quantitative estimate of drug-likeness (QED) is 0.841. The summed E-state index contributed by atoms with van der Waals surface area (Å²) in [7, 11) is 0. The van der Waals surface area contributed by atoms with Gasteiger partial charge in [-0.1, -0.05) is 17.7 Å². The molecule has 0 aliphatic carbocycles. The third kappa shape index (κ3) is 4.92. The fourth-order valence-electron chi connectivity index (χ4n) is 2.99. The van der Waals surface area contributed by atoms with E-state index in [2.05, 4.69) is 10.2 Å². The molecule has 0 bridgehead atoms. The number of aryl methyl sites for hydroxylation is 1. The van der Waals surface area contributed by atoms with Gasteiger partial charge in [-0.05, 0) is 37.6 Å². The molecule has 2 aromatic rings. The Kier molecular flexibility index (Phi) is 5.86. The van der Waals surface area contributed by atoms with Crippen molar-refractivity contribution in [3.8, 4) is 0 Å². The molecule has 0 unspecified atom stereocenters. The molecule has 2 heterocycles. The van der Waals surface area contributed by atoms with Gasteiger partial charge in [0.05, 0.1) is 26.0 Å². The van der Waals surface area contributed by atoms with Crippen LogP contribution in [0.1, 0.15) is 23.8 Å². The van der Waals surface area contributed by atoms with Crippen LogP contribution in [0.4, 0.5) is 5.69 Å². The summed E-state index contributed by atoms with van der Waals surface area (Å²) < 4.78 is 10.8. The molecule has 0 spiro atoms. The lowest BCUT2D eigenvalue weighted by molar-refractivity contribution is -0.120. The van der Waals surface area contributed by atoms with Crippen LogP contribution >= 0.6 is 0 Å². The summed E-state index contributed by atoms with van der Waals surface area (Å²) in [6.45, 7) is 4.03. The number of ether oxygens (including phenoxy) is 1. The maximum Gasteiger partial charge on any atom is 0.238 e. The highest BCUT2D eigenvalue weighted by Crippen LogP contribution is 2.23. The van der Waals surface area contributed by atoms with Crippen molar-refractivity contribution in [2.75, 3.05) is 31.6 Å². The number of anilines is 1. The normalized spacial score (nSPS) is 19.5.